The summed E-state index contributed by atoms with van der Waals surface area (Å²) in [6.07, 6.45) is 2.26. The number of aliphatic hydroxyl groups excluding tert-OH is 1. The van der Waals surface area contributed by atoms with E-state index in [2.05, 4.69) is 15.1 Å². The normalized spacial score (nSPS) is 22.5. The summed E-state index contributed by atoms with van der Waals surface area (Å²) in [4.78, 5) is 2.28. The van der Waals surface area contributed by atoms with Crippen LogP contribution < -0.4 is 0 Å². The van der Waals surface area contributed by atoms with E-state index in [0.717, 1.165) is 31.2 Å². The zero-order chi connectivity index (χ0) is 10.8. The molecule has 84 valence electrons. The van der Waals surface area contributed by atoms with E-state index in [1.165, 1.54) is 6.42 Å². The second-order valence-corrected chi connectivity index (χ2v) is 4.17. The van der Waals surface area contributed by atoms with E-state index in [1.54, 1.807) is 0 Å². The van der Waals surface area contributed by atoms with Crippen molar-refractivity contribution in [2.75, 3.05) is 13.2 Å². The molecule has 2 heterocycles. The predicted octanol–water partition coefficient (Wildman–Crippen LogP) is 0.0802. The minimum Gasteiger partial charge on any atom is -0.395 e. The fourth-order valence-corrected chi connectivity index (χ4v) is 2.08. The molecule has 1 aliphatic rings. The molecular weight excluding hydrogens is 192 g/mol. The number of rotatable bonds is 3. The van der Waals surface area contributed by atoms with Gasteiger partial charge >= 0.3 is 0 Å². The van der Waals surface area contributed by atoms with Gasteiger partial charge in [0.1, 0.15) is 11.6 Å². The van der Waals surface area contributed by atoms with Crippen LogP contribution >= 0.6 is 0 Å². The van der Waals surface area contributed by atoms with Crippen LogP contribution in [0.2, 0.25) is 0 Å². The molecule has 0 bridgehead atoms. The Labute approximate surface area is 89.7 Å². The zero-order valence-electron chi connectivity index (χ0n) is 9.35. The lowest BCUT2D eigenvalue weighted by atomic mass is 10.2. The Morgan fingerprint density at radius 2 is 2.27 bits per heavy atom. The molecule has 15 heavy (non-hydrogen) atoms. The van der Waals surface area contributed by atoms with Crippen LogP contribution in [-0.4, -0.2) is 44.0 Å². The maximum atomic E-state index is 9.20. The fourth-order valence-electron chi connectivity index (χ4n) is 2.08. The highest BCUT2D eigenvalue weighted by Gasteiger charge is 2.24. The Morgan fingerprint density at radius 1 is 1.47 bits per heavy atom. The molecule has 1 fully saturated rings. The first-order chi connectivity index (χ1) is 7.22. The van der Waals surface area contributed by atoms with Gasteiger partial charge in [0.25, 0.3) is 0 Å². The van der Waals surface area contributed by atoms with Crippen LogP contribution in [0.1, 0.15) is 24.5 Å². The van der Waals surface area contributed by atoms with Crippen molar-refractivity contribution < 1.29 is 5.11 Å². The van der Waals surface area contributed by atoms with Gasteiger partial charge in [-0.15, -0.1) is 10.2 Å². The summed E-state index contributed by atoms with van der Waals surface area (Å²) in [5.74, 6) is 1.91. The monoisotopic (exact) mass is 210 g/mol. The van der Waals surface area contributed by atoms with Gasteiger partial charge in [0, 0.05) is 13.1 Å². The average molecular weight is 210 g/mol. The number of aliphatic hydroxyl groups is 1. The number of hydrogen-bond acceptors (Lipinski definition) is 4. The molecule has 2 rings (SSSR count). The predicted molar refractivity (Wildman–Crippen MR) is 56.3 cm³/mol. The lowest BCUT2D eigenvalue weighted by molar-refractivity contribution is 0.150. The van der Waals surface area contributed by atoms with Gasteiger partial charge in [-0.25, -0.2) is 0 Å². The number of nitrogens with zero attached hydrogens (tertiary/aromatic N) is 4. The summed E-state index contributed by atoms with van der Waals surface area (Å²) in [5, 5.41) is 17.4. The van der Waals surface area contributed by atoms with E-state index in [9.17, 15) is 5.11 Å². The van der Waals surface area contributed by atoms with E-state index in [-0.39, 0.29) is 6.61 Å². The van der Waals surface area contributed by atoms with Crippen LogP contribution in [0, 0.1) is 6.92 Å². The molecule has 1 aromatic heterocycles. The number of aromatic nitrogens is 3. The van der Waals surface area contributed by atoms with Gasteiger partial charge in [0.05, 0.1) is 13.2 Å². The van der Waals surface area contributed by atoms with Crippen molar-refractivity contribution in [2.24, 2.45) is 7.05 Å². The molecule has 1 saturated heterocycles. The molecule has 5 nitrogen and oxygen atoms in total. The highest BCUT2D eigenvalue weighted by Crippen LogP contribution is 2.18. The standard InChI is InChI=1S/C10H18N4O/c1-8-11-12-10(13(8)2)6-14-5-3-4-9(14)7-15/h9,15H,3-7H2,1-2H3/t9-/m1/s1. The molecule has 0 spiro atoms. The zero-order valence-corrected chi connectivity index (χ0v) is 9.35. The van der Waals surface area contributed by atoms with Crippen molar-refractivity contribution in [1.82, 2.24) is 19.7 Å². The molecule has 0 amide bonds. The third kappa shape index (κ3) is 2.03. The van der Waals surface area contributed by atoms with Crippen molar-refractivity contribution in [3.63, 3.8) is 0 Å². The number of hydrogen-bond donors (Lipinski definition) is 1. The Balaban J connectivity index is 2.05. The molecular formula is C10H18N4O. The van der Waals surface area contributed by atoms with Crippen molar-refractivity contribution in [3.05, 3.63) is 11.6 Å². The maximum Gasteiger partial charge on any atom is 0.146 e. The minimum atomic E-state index is 0.247. The highest BCUT2D eigenvalue weighted by molar-refractivity contribution is 4.94. The quantitative estimate of drug-likeness (QED) is 0.767. The third-order valence-corrected chi connectivity index (χ3v) is 3.24. The van der Waals surface area contributed by atoms with Crippen LogP contribution in [0.4, 0.5) is 0 Å². The molecule has 1 aliphatic heterocycles. The topological polar surface area (TPSA) is 54.2 Å². The smallest absolute Gasteiger partial charge is 0.146 e. The summed E-state index contributed by atoms with van der Waals surface area (Å²) in [6.45, 7) is 4.04. The van der Waals surface area contributed by atoms with Gasteiger partial charge in [-0.3, -0.25) is 4.90 Å². The highest BCUT2D eigenvalue weighted by atomic mass is 16.3. The molecule has 0 saturated carbocycles. The average Bonchev–Trinajstić information content (AvgIpc) is 2.80. The third-order valence-electron chi connectivity index (χ3n) is 3.24. The van der Waals surface area contributed by atoms with Crippen molar-refractivity contribution in [3.8, 4) is 0 Å². The summed E-state index contributed by atoms with van der Waals surface area (Å²) in [7, 11) is 1.98. The molecule has 0 aromatic carbocycles. The molecule has 1 N–H and O–H groups in total. The second-order valence-electron chi connectivity index (χ2n) is 4.17. The van der Waals surface area contributed by atoms with E-state index < -0.39 is 0 Å². The summed E-state index contributed by atoms with van der Waals surface area (Å²) < 4.78 is 2.01. The first-order valence-corrected chi connectivity index (χ1v) is 5.42. The molecule has 1 aromatic rings. The van der Waals surface area contributed by atoms with Crippen LogP contribution in [0.3, 0.4) is 0 Å². The van der Waals surface area contributed by atoms with Crippen LogP contribution in [-0.2, 0) is 13.6 Å². The van der Waals surface area contributed by atoms with E-state index >= 15 is 0 Å². The van der Waals surface area contributed by atoms with Gasteiger partial charge in [0.15, 0.2) is 0 Å². The Bertz CT molecular complexity index is 336. The maximum absolute atomic E-state index is 9.20. The largest absolute Gasteiger partial charge is 0.395 e. The van der Waals surface area contributed by atoms with Crippen molar-refractivity contribution in [1.29, 1.82) is 0 Å². The first kappa shape index (κ1) is 10.6. The van der Waals surface area contributed by atoms with Crippen molar-refractivity contribution >= 4 is 0 Å². The lowest BCUT2D eigenvalue weighted by Gasteiger charge is -2.21. The summed E-state index contributed by atoms with van der Waals surface area (Å²) in [5.41, 5.74) is 0. The van der Waals surface area contributed by atoms with E-state index in [0.29, 0.717) is 6.04 Å². The molecule has 0 radical (unpaired) electrons. The Hall–Kier alpha value is -0.940. The van der Waals surface area contributed by atoms with Gasteiger partial charge in [-0.2, -0.15) is 0 Å². The Morgan fingerprint density at radius 3 is 2.87 bits per heavy atom. The number of likely N-dealkylation sites (tertiary alicyclic amines) is 1. The van der Waals surface area contributed by atoms with Gasteiger partial charge in [-0.05, 0) is 26.3 Å². The van der Waals surface area contributed by atoms with Gasteiger partial charge in [-0.1, -0.05) is 0 Å². The molecule has 1 atom stereocenters. The molecule has 0 aliphatic carbocycles. The van der Waals surface area contributed by atoms with Gasteiger partial charge < -0.3 is 9.67 Å². The summed E-state index contributed by atoms with van der Waals surface area (Å²) >= 11 is 0. The molecule has 5 heteroatoms. The van der Waals surface area contributed by atoms with E-state index in [4.69, 9.17) is 0 Å². The lowest BCUT2D eigenvalue weighted by Crippen LogP contribution is -2.32. The SMILES string of the molecule is Cc1nnc(CN2CCC[C@@H]2CO)n1C. The number of aryl methyl sites for hydroxylation is 1. The van der Waals surface area contributed by atoms with Crippen LogP contribution in [0.15, 0.2) is 0 Å². The first-order valence-electron chi connectivity index (χ1n) is 5.42. The van der Waals surface area contributed by atoms with Crippen molar-refractivity contribution in [2.45, 2.75) is 32.4 Å². The van der Waals surface area contributed by atoms with Crippen LogP contribution in [0.25, 0.3) is 0 Å². The summed E-state index contributed by atoms with van der Waals surface area (Å²) in [6, 6.07) is 0.307. The second kappa shape index (κ2) is 4.28. The minimum absolute atomic E-state index is 0.247. The molecule has 0 unspecified atom stereocenters. The van der Waals surface area contributed by atoms with Gasteiger partial charge in [0.2, 0.25) is 0 Å². The van der Waals surface area contributed by atoms with Crippen LogP contribution in [0.5, 0.6) is 0 Å². The Kier molecular flexibility index (Phi) is 3.02. The van der Waals surface area contributed by atoms with E-state index in [1.807, 2.05) is 18.5 Å². The fraction of sp³-hybridized carbons (Fsp3) is 0.800.